The van der Waals surface area contributed by atoms with Crippen molar-refractivity contribution in [1.29, 1.82) is 0 Å². The molecule has 0 aliphatic carbocycles. The van der Waals surface area contributed by atoms with E-state index in [-0.39, 0.29) is 17.7 Å². The Hall–Kier alpha value is -1.78. The highest BCUT2D eigenvalue weighted by molar-refractivity contribution is 5.70. The molecule has 1 aliphatic heterocycles. The van der Waals surface area contributed by atoms with Crippen LogP contribution in [-0.2, 0) is 11.3 Å². The molecule has 0 saturated heterocycles. The van der Waals surface area contributed by atoms with Gasteiger partial charge in [0, 0.05) is 11.3 Å². The van der Waals surface area contributed by atoms with Crippen molar-refractivity contribution in [3.05, 3.63) is 32.7 Å². The van der Waals surface area contributed by atoms with Gasteiger partial charge in [-0.3, -0.25) is 9.69 Å². The van der Waals surface area contributed by atoms with E-state index in [0.29, 0.717) is 12.1 Å². The number of carbonyl (C=O) groups excluding carboxylic acids is 1. The molecule has 1 aromatic heterocycles. The van der Waals surface area contributed by atoms with Crippen LogP contribution in [0.5, 0.6) is 0 Å². The molecule has 5 heteroatoms. The van der Waals surface area contributed by atoms with Crippen LogP contribution in [-0.4, -0.2) is 21.6 Å². The van der Waals surface area contributed by atoms with E-state index in [1.54, 1.807) is 4.90 Å². The SMILES string of the molecule is Cc1[nH]c(=O)c2c(c1C)C(C)N(C(=O)OC(C)(C)C)C2. The van der Waals surface area contributed by atoms with Crippen molar-refractivity contribution in [3.63, 3.8) is 0 Å². The van der Waals surface area contributed by atoms with E-state index in [2.05, 4.69) is 4.98 Å². The molecule has 0 spiro atoms. The molecule has 2 rings (SSSR count). The van der Waals surface area contributed by atoms with Crippen molar-refractivity contribution < 1.29 is 9.53 Å². The Morgan fingerprint density at radius 1 is 1.35 bits per heavy atom. The number of nitrogens with zero attached hydrogens (tertiary/aromatic N) is 1. The monoisotopic (exact) mass is 278 g/mol. The molecule has 110 valence electrons. The third-order valence-corrected chi connectivity index (χ3v) is 3.71. The van der Waals surface area contributed by atoms with Gasteiger partial charge in [-0.1, -0.05) is 0 Å². The fourth-order valence-corrected chi connectivity index (χ4v) is 2.62. The molecule has 0 radical (unpaired) electrons. The van der Waals surface area contributed by atoms with Crippen molar-refractivity contribution in [2.75, 3.05) is 0 Å². The first-order valence-electron chi connectivity index (χ1n) is 6.83. The molecule has 1 aliphatic rings. The van der Waals surface area contributed by atoms with Crippen molar-refractivity contribution in [2.45, 2.75) is 59.7 Å². The van der Waals surface area contributed by atoms with E-state index in [1.807, 2.05) is 41.5 Å². The lowest BCUT2D eigenvalue weighted by molar-refractivity contribution is 0.0187. The minimum atomic E-state index is -0.539. The second kappa shape index (κ2) is 4.65. The van der Waals surface area contributed by atoms with Crippen LogP contribution in [0.4, 0.5) is 4.79 Å². The standard InChI is InChI=1S/C15H22N2O3/c1-8-9(2)16-13(18)11-7-17(10(3)12(8)11)14(19)20-15(4,5)6/h10H,7H2,1-6H3,(H,16,18). The lowest BCUT2D eigenvalue weighted by atomic mass is 10.0. The van der Waals surface area contributed by atoms with Crippen molar-refractivity contribution in [3.8, 4) is 0 Å². The smallest absolute Gasteiger partial charge is 0.411 e. The fraction of sp³-hybridized carbons (Fsp3) is 0.600. The summed E-state index contributed by atoms with van der Waals surface area (Å²) < 4.78 is 5.41. The van der Waals surface area contributed by atoms with Crippen LogP contribution < -0.4 is 5.56 Å². The Morgan fingerprint density at radius 2 is 1.95 bits per heavy atom. The number of aromatic nitrogens is 1. The summed E-state index contributed by atoms with van der Waals surface area (Å²) in [4.78, 5) is 28.7. The molecule has 1 aromatic rings. The maximum absolute atomic E-state index is 12.2. The Kier molecular flexibility index (Phi) is 3.40. The highest BCUT2D eigenvalue weighted by atomic mass is 16.6. The van der Waals surface area contributed by atoms with Gasteiger partial charge >= 0.3 is 6.09 Å². The fourth-order valence-electron chi connectivity index (χ4n) is 2.62. The lowest BCUT2D eigenvalue weighted by Crippen LogP contribution is -2.35. The zero-order valence-electron chi connectivity index (χ0n) is 13.0. The summed E-state index contributed by atoms with van der Waals surface area (Å²) in [6.45, 7) is 11.6. The largest absolute Gasteiger partial charge is 0.444 e. The zero-order chi connectivity index (χ0) is 15.2. The summed E-state index contributed by atoms with van der Waals surface area (Å²) in [7, 11) is 0. The number of pyridine rings is 1. The highest BCUT2D eigenvalue weighted by Gasteiger charge is 2.36. The molecule has 0 bridgehead atoms. The molecule has 20 heavy (non-hydrogen) atoms. The summed E-state index contributed by atoms with van der Waals surface area (Å²) >= 11 is 0. The molecule has 0 aromatic carbocycles. The third-order valence-electron chi connectivity index (χ3n) is 3.71. The first kappa shape index (κ1) is 14.6. The van der Waals surface area contributed by atoms with Gasteiger partial charge in [0.15, 0.2) is 0 Å². The van der Waals surface area contributed by atoms with Gasteiger partial charge in [0.2, 0.25) is 0 Å². The summed E-state index contributed by atoms with van der Waals surface area (Å²) in [6.07, 6.45) is -0.377. The molecule has 1 unspecified atom stereocenters. The van der Waals surface area contributed by atoms with Crippen LogP contribution >= 0.6 is 0 Å². The van der Waals surface area contributed by atoms with E-state index < -0.39 is 5.60 Å². The van der Waals surface area contributed by atoms with Gasteiger partial charge in [0.05, 0.1) is 12.6 Å². The maximum Gasteiger partial charge on any atom is 0.411 e. The molecule has 1 amide bonds. The zero-order valence-corrected chi connectivity index (χ0v) is 13.0. The minimum Gasteiger partial charge on any atom is -0.444 e. The van der Waals surface area contributed by atoms with Crippen LogP contribution in [0.2, 0.25) is 0 Å². The van der Waals surface area contributed by atoms with Gasteiger partial charge < -0.3 is 9.72 Å². The number of fused-ring (bicyclic) bond motifs is 1. The Bertz CT molecular complexity index is 611. The second-order valence-electron chi connectivity index (χ2n) is 6.38. The van der Waals surface area contributed by atoms with Gasteiger partial charge in [-0.2, -0.15) is 0 Å². The van der Waals surface area contributed by atoms with Crippen molar-refractivity contribution in [2.24, 2.45) is 0 Å². The number of aryl methyl sites for hydroxylation is 1. The van der Waals surface area contributed by atoms with Gasteiger partial charge in [-0.05, 0) is 52.7 Å². The third kappa shape index (κ3) is 2.44. The summed E-state index contributed by atoms with van der Waals surface area (Å²) in [5.41, 5.74) is 2.87. The molecule has 2 heterocycles. The van der Waals surface area contributed by atoms with Gasteiger partial charge in [-0.15, -0.1) is 0 Å². The van der Waals surface area contributed by atoms with E-state index in [1.165, 1.54) is 0 Å². The van der Waals surface area contributed by atoms with Crippen LogP contribution in [0, 0.1) is 13.8 Å². The van der Waals surface area contributed by atoms with Crippen molar-refractivity contribution in [1.82, 2.24) is 9.88 Å². The maximum atomic E-state index is 12.2. The normalized spacial score (nSPS) is 18.1. The van der Waals surface area contributed by atoms with Gasteiger partial charge in [0.25, 0.3) is 5.56 Å². The second-order valence-corrected chi connectivity index (χ2v) is 6.38. The van der Waals surface area contributed by atoms with E-state index in [4.69, 9.17) is 4.74 Å². The Balaban J connectivity index is 2.37. The highest BCUT2D eigenvalue weighted by Crippen LogP contribution is 2.35. The van der Waals surface area contributed by atoms with E-state index in [0.717, 1.165) is 16.8 Å². The number of amides is 1. The first-order valence-corrected chi connectivity index (χ1v) is 6.83. The number of H-pyrrole nitrogens is 1. The number of carbonyl (C=O) groups is 1. The molecular formula is C15H22N2O3. The van der Waals surface area contributed by atoms with E-state index >= 15 is 0 Å². The predicted molar refractivity (Wildman–Crippen MR) is 76.7 cm³/mol. The summed E-state index contributed by atoms with van der Waals surface area (Å²) in [6, 6.07) is -0.138. The van der Waals surface area contributed by atoms with Gasteiger partial charge in [0.1, 0.15) is 5.60 Å². The quantitative estimate of drug-likeness (QED) is 0.793. The van der Waals surface area contributed by atoms with E-state index in [9.17, 15) is 9.59 Å². The molecule has 5 nitrogen and oxygen atoms in total. The number of ether oxygens (including phenoxy) is 1. The number of nitrogens with one attached hydrogen (secondary N) is 1. The minimum absolute atomic E-state index is 0.110. The Labute approximate surface area is 118 Å². The lowest BCUT2D eigenvalue weighted by Gasteiger charge is -2.27. The van der Waals surface area contributed by atoms with Crippen molar-refractivity contribution >= 4 is 6.09 Å². The number of hydrogen-bond acceptors (Lipinski definition) is 3. The summed E-state index contributed by atoms with van der Waals surface area (Å²) in [5, 5.41) is 0. The number of hydrogen-bond donors (Lipinski definition) is 1. The average molecular weight is 278 g/mol. The van der Waals surface area contributed by atoms with Crippen LogP contribution in [0.15, 0.2) is 4.79 Å². The number of rotatable bonds is 0. The molecule has 0 saturated carbocycles. The van der Waals surface area contributed by atoms with Crippen LogP contribution in [0.25, 0.3) is 0 Å². The number of aromatic amines is 1. The molecular weight excluding hydrogens is 256 g/mol. The molecule has 1 atom stereocenters. The average Bonchev–Trinajstić information content (AvgIpc) is 2.62. The molecule has 1 N–H and O–H groups in total. The van der Waals surface area contributed by atoms with Crippen LogP contribution in [0.1, 0.15) is 56.1 Å². The predicted octanol–water partition coefficient (Wildman–Crippen LogP) is 2.80. The molecule has 0 fully saturated rings. The first-order chi connectivity index (χ1) is 9.11. The Morgan fingerprint density at radius 3 is 2.50 bits per heavy atom. The van der Waals surface area contributed by atoms with Gasteiger partial charge in [-0.25, -0.2) is 4.79 Å². The topological polar surface area (TPSA) is 62.4 Å². The summed E-state index contributed by atoms with van der Waals surface area (Å²) in [5.74, 6) is 0. The van der Waals surface area contributed by atoms with Crippen LogP contribution in [0.3, 0.4) is 0 Å².